The van der Waals surface area contributed by atoms with Gasteiger partial charge >= 0.3 is 0 Å². The largest absolute Gasteiger partial charge is 0.147 e. The maximum Gasteiger partial charge on any atom is 0 e. The molecule has 0 saturated heterocycles. The summed E-state index contributed by atoms with van der Waals surface area (Å²) >= 11 is 0. The molecular weight excluding hydrogens is 334 g/mol. The third kappa shape index (κ3) is 19.1. The SMILES string of the molecule is Cl.Cl.Cl.[La].[Y]. The molecule has 30 valence electrons. The van der Waals surface area contributed by atoms with Crippen LogP contribution < -0.4 is 0 Å². The van der Waals surface area contributed by atoms with Gasteiger partial charge in [0.2, 0.25) is 0 Å². The van der Waals surface area contributed by atoms with Crippen LogP contribution in [0.3, 0.4) is 0 Å². The predicted octanol–water partition coefficient (Wildman–Crippen LogP) is 1.26. The van der Waals surface area contributed by atoms with E-state index in [1.54, 1.807) is 0 Å². The molecule has 0 amide bonds. The molecule has 0 N–H and O–H groups in total. The molecule has 0 atom stereocenters. The monoisotopic (exact) mass is 336 g/mol. The Morgan fingerprint density at radius 3 is 0.600 bits per heavy atom. The fourth-order valence-corrected chi connectivity index (χ4v) is 0. The maximum absolute atomic E-state index is 0. The minimum absolute atomic E-state index is 0. The molecule has 0 rings (SSSR count). The average molecular weight is 337 g/mol. The van der Waals surface area contributed by atoms with E-state index in [1.165, 1.54) is 0 Å². The van der Waals surface area contributed by atoms with Crippen LogP contribution in [0.2, 0.25) is 0 Å². The van der Waals surface area contributed by atoms with Crippen LogP contribution in [0.25, 0.3) is 0 Å². The summed E-state index contributed by atoms with van der Waals surface area (Å²) in [5.41, 5.74) is 0. The summed E-state index contributed by atoms with van der Waals surface area (Å²) in [7, 11) is 0. The summed E-state index contributed by atoms with van der Waals surface area (Å²) in [6.45, 7) is 0. The van der Waals surface area contributed by atoms with E-state index >= 15 is 0 Å². The summed E-state index contributed by atoms with van der Waals surface area (Å²) in [4.78, 5) is 0. The van der Waals surface area contributed by atoms with Gasteiger partial charge in [-0.25, -0.2) is 0 Å². The smallest absolute Gasteiger partial charge is 0 e. The van der Waals surface area contributed by atoms with Crippen LogP contribution in [0.5, 0.6) is 0 Å². The Bertz CT molecular complexity index is 6.85. The van der Waals surface area contributed by atoms with Crippen molar-refractivity contribution in [3.63, 3.8) is 0 Å². The van der Waals surface area contributed by atoms with E-state index < -0.39 is 0 Å². The van der Waals surface area contributed by atoms with E-state index in [0.717, 1.165) is 0 Å². The van der Waals surface area contributed by atoms with Gasteiger partial charge in [-0.3, -0.25) is 0 Å². The average Bonchev–Trinajstić information content (AvgIpc) is 0. The molecule has 5 heavy (non-hydrogen) atoms. The quantitative estimate of drug-likeness (QED) is 0.625. The molecule has 0 heterocycles. The van der Waals surface area contributed by atoms with E-state index in [0.29, 0.717) is 0 Å². The molecule has 0 fully saturated rings. The first-order valence-electron chi connectivity index (χ1n) is 0. The van der Waals surface area contributed by atoms with Crippen molar-refractivity contribution < 1.29 is 68.3 Å². The van der Waals surface area contributed by atoms with Gasteiger partial charge in [-0.05, 0) is 0 Å². The first-order chi connectivity index (χ1) is 0. The van der Waals surface area contributed by atoms with Crippen LogP contribution in [0.4, 0.5) is 0 Å². The van der Waals surface area contributed by atoms with Crippen molar-refractivity contribution in [1.29, 1.82) is 0 Å². The standard InChI is InChI=1S/3ClH.La.Y/h3*1H;;. The Morgan fingerprint density at radius 1 is 0.600 bits per heavy atom. The molecule has 0 aromatic rings. The zero-order valence-corrected chi connectivity index (χ0v) is 11.3. The van der Waals surface area contributed by atoms with Crippen molar-refractivity contribution in [2.45, 2.75) is 0 Å². The second-order valence-corrected chi connectivity index (χ2v) is 0. The van der Waals surface area contributed by atoms with Gasteiger partial charge < -0.3 is 0 Å². The van der Waals surface area contributed by atoms with Gasteiger partial charge in [-0.2, -0.15) is 0 Å². The van der Waals surface area contributed by atoms with Gasteiger partial charge in [0.25, 0.3) is 0 Å². The molecule has 0 aromatic carbocycles. The molecule has 0 aliphatic rings. The molecule has 5 heteroatoms. The van der Waals surface area contributed by atoms with Crippen molar-refractivity contribution in [3.8, 4) is 0 Å². The molecule has 0 nitrogen and oxygen atoms in total. The number of hydrogen-bond donors (Lipinski definition) is 0. The summed E-state index contributed by atoms with van der Waals surface area (Å²) in [6.07, 6.45) is 0. The first-order valence-corrected chi connectivity index (χ1v) is 0. The zero-order valence-electron chi connectivity index (χ0n) is 2.38. The second kappa shape index (κ2) is 27.2. The normalized spacial score (nSPS) is 0. The van der Waals surface area contributed by atoms with Crippen LogP contribution in [0.15, 0.2) is 0 Å². The minimum Gasteiger partial charge on any atom is -0.147 e. The fourth-order valence-electron chi connectivity index (χ4n) is 0. The van der Waals surface area contributed by atoms with Crippen molar-refractivity contribution in [2.24, 2.45) is 0 Å². The van der Waals surface area contributed by atoms with Crippen molar-refractivity contribution in [2.75, 3.05) is 0 Å². The second-order valence-electron chi connectivity index (χ2n) is 0. The molecule has 0 bridgehead atoms. The summed E-state index contributed by atoms with van der Waals surface area (Å²) in [5, 5.41) is 0. The van der Waals surface area contributed by atoms with Crippen molar-refractivity contribution >= 4 is 37.2 Å². The molecule has 0 saturated carbocycles. The molecule has 0 aliphatic heterocycles. The van der Waals surface area contributed by atoms with Crippen LogP contribution in [0, 0.1) is 35.6 Å². The van der Waals surface area contributed by atoms with E-state index in [1.807, 2.05) is 0 Å². The minimum atomic E-state index is 0. The molecule has 0 aromatic heterocycles. The van der Waals surface area contributed by atoms with E-state index in [4.69, 9.17) is 0 Å². The van der Waals surface area contributed by atoms with Crippen LogP contribution in [0.1, 0.15) is 0 Å². The molecule has 0 unspecified atom stereocenters. The van der Waals surface area contributed by atoms with Crippen LogP contribution >= 0.6 is 37.2 Å². The molecular formula is H3Cl3LaY. The van der Waals surface area contributed by atoms with Gasteiger partial charge in [-0.1, -0.05) is 0 Å². The van der Waals surface area contributed by atoms with Gasteiger partial charge in [0.05, 0.1) is 0 Å². The van der Waals surface area contributed by atoms with Gasteiger partial charge in [-0.15, -0.1) is 37.2 Å². The summed E-state index contributed by atoms with van der Waals surface area (Å²) in [5.74, 6) is 0. The third-order valence-electron chi connectivity index (χ3n) is 0. The zero-order chi connectivity index (χ0) is 0. The summed E-state index contributed by atoms with van der Waals surface area (Å²) in [6, 6.07) is 0. The van der Waals surface area contributed by atoms with E-state index in [2.05, 4.69) is 0 Å². The Hall–Kier alpha value is 3.17. The third-order valence-corrected chi connectivity index (χ3v) is 0. The fraction of sp³-hybridized carbons (Fsp3) is 0. The molecule has 0 spiro atoms. The molecule has 0 aliphatic carbocycles. The van der Waals surface area contributed by atoms with Crippen molar-refractivity contribution in [1.82, 2.24) is 0 Å². The van der Waals surface area contributed by atoms with Crippen LogP contribution in [-0.4, -0.2) is 0 Å². The Balaban J connectivity index is 0. The molecule has 2 radical (unpaired) electrons. The van der Waals surface area contributed by atoms with Gasteiger partial charge in [0.1, 0.15) is 0 Å². The van der Waals surface area contributed by atoms with Gasteiger partial charge in [0.15, 0.2) is 0 Å². The van der Waals surface area contributed by atoms with Gasteiger partial charge in [0, 0.05) is 68.3 Å². The Morgan fingerprint density at radius 2 is 0.600 bits per heavy atom. The van der Waals surface area contributed by atoms with Crippen LogP contribution in [-0.2, 0) is 32.7 Å². The summed E-state index contributed by atoms with van der Waals surface area (Å²) < 4.78 is 0. The predicted molar refractivity (Wildman–Crippen MR) is 21.7 cm³/mol. The first kappa shape index (κ1) is 41.8. The topological polar surface area (TPSA) is 0 Å². The number of halogens is 3. The Kier molecular flexibility index (Phi) is 227. The Labute approximate surface area is 103 Å². The maximum atomic E-state index is 0. The van der Waals surface area contributed by atoms with E-state index in [-0.39, 0.29) is 106 Å². The van der Waals surface area contributed by atoms with Crippen molar-refractivity contribution in [3.05, 3.63) is 0 Å². The number of hydrogen-bond acceptors (Lipinski definition) is 0. The number of rotatable bonds is 0. The van der Waals surface area contributed by atoms with E-state index in [9.17, 15) is 0 Å².